The number of hydrogen-bond acceptors (Lipinski definition) is 1. The predicted molar refractivity (Wildman–Crippen MR) is 81.1 cm³/mol. The molecule has 0 saturated heterocycles. The zero-order valence-corrected chi connectivity index (χ0v) is 13.5. The number of carbonyl (C=O) groups is 1. The number of carboxylic acid groups (broad SMARTS) is 1. The van der Waals surface area contributed by atoms with Crippen LogP contribution < -0.4 is 0 Å². The monoisotopic (exact) mass is 358 g/mol. The number of benzene rings is 1. The SMILES string of the molecule is Cc1c(I)cc(C#C[Si](C)(C)C)cc1C(=O)O. The maximum Gasteiger partial charge on any atom is 0.336 e. The van der Waals surface area contributed by atoms with Gasteiger partial charge in [0, 0.05) is 9.13 Å². The van der Waals surface area contributed by atoms with Crippen molar-refractivity contribution in [1.82, 2.24) is 0 Å². The second-order valence-electron chi connectivity index (χ2n) is 4.94. The molecule has 0 aromatic heterocycles. The molecule has 0 unspecified atom stereocenters. The maximum atomic E-state index is 11.1. The fourth-order valence-corrected chi connectivity index (χ4v) is 2.38. The summed E-state index contributed by atoms with van der Waals surface area (Å²) in [6, 6.07) is 3.60. The Morgan fingerprint density at radius 2 is 1.94 bits per heavy atom. The lowest BCUT2D eigenvalue weighted by atomic mass is 10.1. The molecule has 0 aliphatic rings. The van der Waals surface area contributed by atoms with E-state index in [1.807, 2.05) is 13.0 Å². The maximum absolute atomic E-state index is 11.1. The first-order chi connectivity index (χ1) is 7.70. The zero-order chi connectivity index (χ0) is 13.2. The van der Waals surface area contributed by atoms with E-state index in [0.29, 0.717) is 5.56 Å². The Hall–Kier alpha value is -0.803. The van der Waals surface area contributed by atoms with Crippen LogP contribution in [0.4, 0.5) is 0 Å². The van der Waals surface area contributed by atoms with Crippen molar-refractivity contribution >= 4 is 36.6 Å². The highest BCUT2D eigenvalue weighted by Crippen LogP contribution is 2.18. The Kier molecular flexibility index (Phi) is 4.39. The van der Waals surface area contributed by atoms with Gasteiger partial charge >= 0.3 is 5.97 Å². The molecule has 0 bridgehead atoms. The van der Waals surface area contributed by atoms with Crippen LogP contribution in [0.5, 0.6) is 0 Å². The fourth-order valence-electron chi connectivity index (χ4n) is 1.23. The lowest BCUT2D eigenvalue weighted by Gasteiger charge is -2.06. The topological polar surface area (TPSA) is 37.3 Å². The standard InChI is InChI=1S/C13H15IO2Si/c1-9-11(13(15)16)7-10(8-12(9)14)5-6-17(2,3)4/h7-8H,1-4H3,(H,15,16). The number of carboxylic acids is 1. The second kappa shape index (κ2) is 5.23. The molecule has 0 spiro atoms. The summed E-state index contributed by atoms with van der Waals surface area (Å²) in [5.74, 6) is 2.20. The summed E-state index contributed by atoms with van der Waals surface area (Å²) in [7, 11) is -1.43. The molecular weight excluding hydrogens is 343 g/mol. The largest absolute Gasteiger partial charge is 0.478 e. The molecule has 0 aliphatic heterocycles. The smallest absolute Gasteiger partial charge is 0.336 e. The first kappa shape index (κ1) is 14.3. The molecule has 1 N–H and O–H groups in total. The van der Waals surface area contributed by atoms with Crippen LogP contribution in [0.1, 0.15) is 21.5 Å². The molecule has 0 radical (unpaired) electrons. The van der Waals surface area contributed by atoms with Gasteiger partial charge in [-0.05, 0) is 47.2 Å². The van der Waals surface area contributed by atoms with Crippen LogP contribution in [0.2, 0.25) is 19.6 Å². The van der Waals surface area contributed by atoms with E-state index in [-0.39, 0.29) is 0 Å². The Labute approximate surface area is 117 Å². The average Bonchev–Trinajstić information content (AvgIpc) is 2.18. The minimum Gasteiger partial charge on any atom is -0.478 e. The molecule has 4 heteroatoms. The predicted octanol–water partition coefficient (Wildman–Crippen LogP) is 3.53. The van der Waals surface area contributed by atoms with Gasteiger partial charge in [-0.3, -0.25) is 0 Å². The van der Waals surface area contributed by atoms with Crippen molar-refractivity contribution < 1.29 is 9.90 Å². The summed E-state index contributed by atoms with van der Waals surface area (Å²) in [6.07, 6.45) is 0. The van der Waals surface area contributed by atoms with Gasteiger partial charge in [-0.25, -0.2) is 4.79 Å². The molecule has 90 valence electrons. The fraction of sp³-hybridized carbons (Fsp3) is 0.308. The number of rotatable bonds is 1. The lowest BCUT2D eigenvalue weighted by Crippen LogP contribution is -2.16. The summed E-state index contributed by atoms with van der Waals surface area (Å²) >= 11 is 2.15. The van der Waals surface area contributed by atoms with E-state index >= 15 is 0 Å². The normalized spacial score (nSPS) is 10.6. The van der Waals surface area contributed by atoms with Crippen LogP contribution in [0.3, 0.4) is 0 Å². The molecule has 0 heterocycles. The van der Waals surface area contributed by atoms with Crippen LogP contribution in [-0.2, 0) is 0 Å². The van der Waals surface area contributed by atoms with Gasteiger partial charge in [0.15, 0.2) is 0 Å². The highest BCUT2D eigenvalue weighted by Gasteiger charge is 2.11. The van der Waals surface area contributed by atoms with Crippen LogP contribution in [0, 0.1) is 22.0 Å². The van der Waals surface area contributed by atoms with Gasteiger partial charge in [-0.1, -0.05) is 25.6 Å². The summed E-state index contributed by atoms with van der Waals surface area (Å²) < 4.78 is 0.947. The number of hydrogen-bond donors (Lipinski definition) is 1. The molecule has 1 rings (SSSR count). The van der Waals surface area contributed by atoms with E-state index in [2.05, 4.69) is 53.7 Å². The quantitative estimate of drug-likeness (QED) is 0.474. The Morgan fingerprint density at radius 1 is 1.35 bits per heavy atom. The Balaban J connectivity index is 3.28. The van der Waals surface area contributed by atoms with Crippen LogP contribution in [0.15, 0.2) is 12.1 Å². The average molecular weight is 358 g/mol. The van der Waals surface area contributed by atoms with Crippen LogP contribution >= 0.6 is 22.6 Å². The first-order valence-corrected chi connectivity index (χ1v) is 9.85. The van der Waals surface area contributed by atoms with Crippen LogP contribution in [-0.4, -0.2) is 19.1 Å². The lowest BCUT2D eigenvalue weighted by molar-refractivity contribution is 0.0696. The summed E-state index contributed by atoms with van der Waals surface area (Å²) in [5, 5.41) is 9.10. The van der Waals surface area contributed by atoms with Gasteiger partial charge in [0.1, 0.15) is 8.07 Å². The molecular formula is C13H15IO2Si. The van der Waals surface area contributed by atoms with Gasteiger partial charge in [0.25, 0.3) is 0 Å². The van der Waals surface area contributed by atoms with Crippen molar-refractivity contribution in [3.8, 4) is 11.5 Å². The Bertz CT molecular complexity index is 519. The van der Waals surface area contributed by atoms with Gasteiger partial charge < -0.3 is 5.11 Å². The van der Waals surface area contributed by atoms with Crippen molar-refractivity contribution in [3.63, 3.8) is 0 Å². The third-order valence-corrected chi connectivity index (χ3v) is 4.15. The molecule has 2 nitrogen and oxygen atoms in total. The molecule has 0 aliphatic carbocycles. The molecule has 0 atom stereocenters. The van der Waals surface area contributed by atoms with Gasteiger partial charge in [-0.2, -0.15) is 0 Å². The molecule has 1 aromatic rings. The van der Waals surface area contributed by atoms with Crippen molar-refractivity contribution in [3.05, 3.63) is 32.4 Å². The minimum absolute atomic E-state index is 0.344. The van der Waals surface area contributed by atoms with Crippen molar-refractivity contribution in [2.45, 2.75) is 26.6 Å². The van der Waals surface area contributed by atoms with E-state index in [9.17, 15) is 4.79 Å². The van der Waals surface area contributed by atoms with Crippen molar-refractivity contribution in [2.75, 3.05) is 0 Å². The molecule has 0 fully saturated rings. The van der Waals surface area contributed by atoms with Gasteiger partial charge in [0.2, 0.25) is 0 Å². The summed E-state index contributed by atoms with van der Waals surface area (Å²) in [6.45, 7) is 8.31. The highest BCUT2D eigenvalue weighted by atomic mass is 127. The third kappa shape index (κ3) is 4.17. The van der Waals surface area contributed by atoms with E-state index in [1.165, 1.54) is 0 Å². The summed E-state index contributed by atoms with van der Waals surface area (Å²) in [4.78, 5) is 11.1. The number of aromatic carboxylic acids is 1. The van der Waals surface area contributed by atoms with E-state index < -0.39 is 14.0 Å². The van der Waals surface area contributed by atoms with Crippen molar-refractivity contribution in [2.24, 2.45) is 0 Å². The van der Waals surface area contributed by atoms with E-state index in [4.69, 9.17) is 5.11 Å². The first-order valence-electron chi connectivity index (χ1n) is 5.27. The van der Waals surface area contributed by atoms with Gasteiger partial charge in [-0.15, -0.1) is 5.54 Å². The van der Waals surface area contributed by atoms with Gasteiger partial charge in [0.05, 0.1) is 5.56 Å². The third-order valence-electron chi connectivity index (χ3n) is 2.16. The Morgan fingerprint density at radius 3 is 2.41 bits per heavy atom. The summed E-state index contributed by atoms with van der Waals surface area (Å²) in [5.41, 5.74) is 5.18. The number of halogens is 1. The van der Waals surface area contributed by atoms with E-state index in [1.54, 1.807) is 6.07 Å². The molecule has 0 saturated carbocycles. The minimum atomic E-state index is -1.43. The van der Waals surface area contributed by atoms with Crippen LogP contribution in [0.25, 0.3) is 0 Å². The van der Waals surface area contributed by atoms with Crippen molar-refractivity contribution in [1.29, 1.82) is 0 Å². The highest BCUT2D eigenvalue weighted by molar-refractivity contribution is 14.1. The molecule has 17 heavy (non-hydrogen) atoms. The zero-order valence-electron chi connectivity index (χ0n) is 10.4. The molecule has 0 amide bonds. The molecule has 1 aromatic carbocycles. The van der Waals surface area contributed by atoms with E-state index in [0.717, 1.165) is 14.7 Å². The second-order valence-corrected chi connectivity index (χ2v) is 10.8.